The number of allylic oxidation sites excluding steroid dienone is 2. The van der Waals surface area contributed by atoms with Gasteiger partial charge < -0.3 is 4.42 Å². The molecule has 0 saturated heterocycles. The van der Waals surface area contributed by atoms with Crippen LogP contribution < -0.4 is 0 Å². The summed E-state index contributed by atoms with van der Waals surface area (Å²) < 4.78 is 5.33. The van der Waals surface area contributed by atoms with Gasteiger partial charge in [-0.05, 0) is 26.0 Å². The van der Waals surface area contributed by atoms with Gasteiger partial charge in [0.05, 0.1) is 0 Å². The van der Waals surface area contributed by atoms with Gasteiger partial charge in [0.25, 0.3) is 0 Å². The fourth-order valence-corrected chi connectivity index (χ4v) is 1.23. The molecule has 0 atom stereocenters. The van der Waals surface area contributed by atoms with Crippen LogP contribution in [0.4, 0.5) is 0 Å². The fraction of sp³-hybridized carbons (Fsp3) is 0.200. The van der Waals surface area contributed by atoms with Gasteiger partial charge in [0, 0.05) is 5.56 Å². The highest BCUT2D eigenvalue weighted by molar-refractivity contribution is 7.80. The Bertz CT molecular complexity index is 278. The van der Waals surface area contributed by atoms with Gasteiger partial charge >= 0.3 is 0 Å². The lowest BCUT2D eigenvalue weighted by Crippen LogP contribution is -1.68. The van der Waals surface area contributed by atoms with Crippen LogP contribution in [0.3, 0.4) is 0 Å². The van der Waals surface area contributed by atoms with Crippen LogP contribution in [0.1, 0.15) is 25.2 Å². The second-order valence-corrected chi connectivity index (χ2v) is 2.85. The van der Waals surface area contributed by atoms with Crippen molar-refractivity contribution in [3.05, 3.63) is 29.5 Å². The normalized spacial score (nSPS) is 11.9. The molecule has 0 spiro atoms. The summed E-state index contributed by atoms with van der Waals surface area (Å²) in [6.45, 7) is 3.94. The van der Waals surface area contributed by atoms with Crippen molar-refractivity contribution in [3.8, 4) is 0 Å². The molecule has 1 heterocycles. The highest BCUT2D eigenvalue weighted by Crippen LogP contribution is 2.20. The molecule has 2 heteroatoms. The van der Waals surface area contributed by atoms with Crippen molar-refractivity contribution in [1.82, 2.24) is 0 Å². The summed E-state index contributed by atoms with van der Waals surface area (Å²) in [5.41, 5.74) is 1.07. The molecule has 0 radical (unpaired) electrons. The van der Waals surface area contributed by atoms with Crippen molar-refractivity contribution in [2.24, 2.45) is 0 Å². The maximum atomic E-state index is 5.33. The number of hydrogen-bond donors (Lipinski definition) is 1. The molecule has 0 bridgehead atoms. The predicted molar refractivity (Wildman–Crippen MR) is 55.4 cm³/mol. The van der Waals surface area contributed by atoms with E-state index in [1.807, 2.05) is 44.2 Å². The van der Waals surface area contributed by atoms with Crippen LogP contribution in [0, 0.1) is 0 Å². The van der Waals surface area contributed by atoms with E-state index in [2.05, 4.69) is 12.6 Å². The summed E-state index contributed by atoms with van der Waals surface area (Å²) in [6.07, 6.45) is 7.84. The molecule has 1 rings (SSSR count). The Morgan fingerprint density at radius 3 is 2.50 bits per heavy atom. The van der Waals surface area contributed by atoms with E-state index in [4.69, 9.17) is 4.42 Å². The van der Waals surface area contributed by atoms with Crippen molar-refractivity contribution < 1.29 is 4.42 Å². The lowest BCUT2D eigenvalue weighted by molar-refractivity contribution is 0.468. The zero-order valence-corrected chi connectivity index (χ0v) is 8.14. The Labute approximate surface area is 78.2 Å². The minimum absolute atomic E-state index is 0.649. The van der Waals surface area contributed by atoms with Crippen LogP contribution >= 0.6 is 12.6 Å². The SMILES string of the molecule is C/C=C/c1cc(S)oc1/C=C/C. The Kier molecular flexibility index (Phi) is 3.23. The highest BCUT2D eigenvalue weighted by Gasteiger charge is 2.01. The highest BCUT2D eigenvalue weighted by atomic mass is 32.1. The minimum atomic E-state index is 0.649. The van der Waals surface area contributed by atoms with Crippen LogP contribution in [-0.4, -0.2) is 0 Å². The van der Waals surface area contributed by atoms with E-state index in [0.29, 0.717) is 5.09 Å². The number of rotatable bonds is 2. The van der Waals surface area contributed by atoms with Gasteiger partial charge in [-0.3, -0.25) is 0 Å². The van der Waals surface area contributed by atoms with Gasteiger partial charge in [0.15, 0.2) is 5.09 Å². The fourth-order valence-electron chi connectivity index (χ4n) is 0.997. The zero-order chi connectivity index (χ0) is 8.97. The summed E-state index contributed by atoms with van der Waals surface area (Å²) in [6, 6.07) is 1.90. The quantitative estimate of drug-likeness (QED) is 0.686. The molecular formula is C10H12OS. The van der Waals surface area contributed by atoms with E-state index in [0.717, 1.165) is 11.3 Å². The first-order valence-electron chi connectivity index (χ1n) is 3.86. The molecule has 1 nitrogen and oxygen atoms in total. The standard InChI is InChI=1S/C10H12OS/c1-3-5-8-7-10(12)11-9(8)6-4-2/h3-7,12H,1-2H3/b5-3+,6-4+. The third-order valence-corrected chi connectivity index (χ3v) is 1.66. The summed E-state index contributed by atoms with van der Waals surface area (Å²) >= 11 is 4.13. The molecule has 1 aromatic heterocycles. The van der Waals surface area contributed by atoms with Crippen molar-refractivity contribution in [2.75, 3.05) is 0 Å². The minimum Gasteiger partial charge on any atom is -0.450 e. The van der Waals surface area contributed by atoms with Crippen molar-refractivity contribution >= 4 is 24.8 Å². The molecule has 1 aromatic rings. The Hall–Kier alpha value is -0.890. The van der Waals surface area contributed by atoms with Gasteiger partial charge in [0.2, 0.25) is 0 Å². The lowest BCUT2D eigenvalue weighted by Gasteiger charge is -1.87. The first kappa shape index (κ1) is 9.20. The third kappa shape index (κ3) is 2.05. The second-order valence-electron chi connectivity index (χ2n) is 2.40. The molecule has 0 saturated carbocycles. The molecule has 0 unspecified atom stereocenters. The molecule has 0 aliphatic carbocycles. The maximum Gasteiger partial charge on any atom is 0.158 e. The third-order valence-electron chi connectivity index (χ3n) is 1.44. The second kappa shape index (κ2) is 4.21. The monoisotopic (exact) mass is 180 g/mol. The molecule has 0 amide bonds. The van der Waals surface area contributed by atoms with Crippen LogP contribution in [0.25, 0.3) is 12.2 Å². The number of thiol groups is 1. The molecule has 12 heavy (non-hydrogen) atoms. The summed E-state index contributed by atoms with van der Waals surface area (Å²) in [5, 5.41) is 0.649. The first-order chi connectivity index (χ1) is 5.77. The smallest absolute Gasteiger partial charge is 0.158 e. The molecule has 0 fully saturated rings. The predicted octanol–water partition coefficient (Wildman–Crippen LogP) is 3.63. The average Bonchev–Trinajstić information content (AvgIpc) is 2.33. The van der Waals surface area contributed by atoms with Gasteiger partial charge in [-0.15, -0.1) is 12.6 Å². The zero-order valence-electron chi connectivity index (χ0n) is 7.24. The molecule has 0 aliphatic heterocycles. The van der Waals surface area contributed by atoms with E-state index in [1.165, 1.54) is 0 Å². The first-order valence-corrected chi connectivity index (χ1v) is 4.31. The van der Waals surface area contributed by atoms with E-state index >= 15 is 0 Å². The topological polar surface area (TPSA) is 13.1 Å². The Balaban J connectivity index is 3.07. The van der Waals surface area contributed by atoms with Crippen LogP contribution in [0.2, 0.25) is 0 Å². The van der Waals surface area contributed by atoms with E-state index in [1.54, 1.807) is 0 Å². The van der Waals surface area contributed by atoms with Gasteiger partial charge in [-0.25, -0.2) is 0 Å². The molecule has 64 valence electrons. The van der Waals surface area contributed by atoms with Gasteiger partial charge in [-0.1, -0.05) is 18.2 Å². The van der Waals surface area contributed by atoms with E-state index in [9.17, 15) is 0 Å². The van der Waals surface area contributed by atoms with Gasteiger partial charge in [0.1, 0.15) is 5.76 Å². The van der Waals surface area contributed by atoms with Crippen molar-refractivity contribution in [2.45, 2.75) is 18.9 Å². The molecule has 0 aliphatic rings. The Morgan fingerprint density at radius 2 is 1.92 bits per heavy atom. The maximum absolute atomic E-state index is 5.33. The summed E-state index contributed by atoms with van der Waals surface area (Å²) in [5.74, 6) is 0.862. The number of hydrogen-bond acceptors (Lipinski definition) is 2. The Morgan fingerprint density at radius 1 is 1.25 bits per heavy atom. The van der Waals surface area contributed by atoms with E-state index < -0.39 is 0 Å². The summed E-state index contributed by atoms with van der Waals surface area (Å²) in [7, 11) is 0. The van der Waals surface area contributed by atoms with Crippen LogP contribution in [0.5, 0.6) is 0 Å². The molecule has 0 aromatic carbocycles. The molecular weight excluding hydrogens is 168 g/mol. The summed E-state index contributed by atoms with van der Waals surface area (Å²) in [4.78, 5) is 0. The lowest BCUT2D eigenvalue weighted by atomic mass is 10.2. The van der Waals surface area contributed by atoms with Crippen molar-refractivity contribution in [1.29, 1.82) is 0 Å². The average molecular weight is 180 g/mol. The molecule has 0 N–H and O–H groups in total. The largest absolute Gasteiger partial charge is 0.450 e. The van der Waals surface area contributed by atoms with Crippen LogP contribution in [0.15, 0.2) is 27.7 Å². The van der Waals surface area contributed by atoms with E-state index in [-0.39, 0.29) is 0 Å². The van der Waals surface area contributed by atoms with Gasteiger partial charge in [-0.2, -0.15) is 0 Å². The van der Waals surface area contributed by atoms with Crippen LogP contribution in [-0.2, 0) is 0 Å². The van der Waals surface area contributed by atoms with Crippen molar-refractivity contribution in [3.63, 3.8) is 0 Å². The number of furan rings is 1.